The van der Waals surface area contributed by atoms with Gasteiger partial charge in [0.1, 0.15) is 0 Å². The molecule has 0 bridgehead atoms. The van der Waals surface area contributed by atoms with Gasteiger partial charge in [0.05, 0.1) is 11.8 Å². The Kier molecular flexibility index (Phi) is 5.30. The standard InChI is InChI=1S/C14H23N5/c1-11(2)8-15-5-3-6-16-9-12-4-7-17-14-13(12)18-10-19-14/h4,7,10-11,15-16H,3,5-6,8-9H2,1-2H3,(H,17,18,19). The molecule has 5 heteroatoms. The number of aromatic amines is 1. The van der Waals surface area contributed by atoms with Crippen molar-refractivity contribution in [1.29, 1.82) is 0 Å². The van der Waals surface area contributed by atoms with Crippen molar-refractivity contribution in [2.24, 2.45) is 5.92 Å². The van der Waals surface area contributed by atoms with Crippen molar-refractivity contribution in [2.75, 3.05) is 19.6 Å². The Morgan fingerprint density at radius 1 is 1.21 bits per heavy atom. The minimum atomic E-state index is 0.721. The van der Waals surface area contributed by atoms with E-state index in [-0.39, 0.29) is 0 Å². The molecule has 2 rings (SSSR count). The number of aromatic nitrogens is 3. The van der Waals surface area contributed by atoms with Gasteiger partial charge in [-0.15, -0.1) is 0 Å². The smallest absolute Gasteiger partial charge is 0.177 e. The second kappa shape index (κ2) is 7.21. The molecule has 0 unspecified atom stereocenters. The first-order valence-electron chi connectivity index (χ1n) is 6.96. The van der Waals surface area contributed by atoms with E-state index in [2.05, 4.69) is 39.4 Å². The van der Waals surface area contributed by atoms with Gasteiger partial charge in [0.15, 0.2) is 5.65 Å². The highest BCUT2D eigenvalue weighted by molar-refractivity contribution is 5.73. The number of nitrogens with one attached hydrogen (secondary N) is 3. The molecule has 0 fully saturated rings. The fraction of sp³-hybridized carbons (Fsp3) is 0.571. The summed E-state index contributed by atoms with van der Waals surface area (Å²) < 4.78 is 0. The first-order valence-corrected chi connectivity index (χ1v) is 6.96. The van der Waals surface area contributed by atoms with Gasteiger partial charge in [0, 0.05) is 12.7 Å². The molecular weight excluding hydrogens is 238 g/mol. The van der Waals surface area contributed by atoms with Crippen LogP contribution in [0.3, 0.4) is 0 Å². The lowest BCUT2D eigenvalue weighted by Gasteiger charge is -2.08. The van der Waals surface area contributed by atoms with E-state index in [4.69, 9.17) is 0 Å². The number of pyridine rings is 1. The maximum absolute atomic E-state index is 4.21. The zero-order valence-electron chi connectivity index (χ0n) is 11.7. The first-order chi connectivity index (χ1) is 9.27. The van der Waals surface area contributed by atoms with Crippen LogP contribution in [0.5, 0.6) is 0 Å². The van der Waals surface area contributed by atoms with Gasteiger partial charge in [-0.05, 0) is 43.6 Å². The normalized spacial score (nSPS) is 11.5. The molecule has 0 saturated carbocycles. The van der Waals surface area contributed by atoms with Crippen LogP contribution in [0.1, 0.15) is 25.8 Å². The average molecular weight is 261 g/mol. The highest BCUT2D eigenvalue weighted by Crippen LogP contribution is 2.11. The quantitative estimate of drug-likeness (QED) is 0.633. The predicted molar refractivity (Wildman–Crippen MR) is 77.9 cm³/mol. The van der Waals surface area contributed by atoms with Crippen molar-refractivity contribution in [1.82, 2.24) is 25.6 Å². The van der Waals surface area contributed by atoms with Crippen LogP contribution in [0.2, 0.25) is 0 Å². The number of H-pyrrole nitrogens is 1. The summed E-state index contributed by atoms with van der Waals surface area (Å²) in [4.78, 5) is 11.5. The second-order valence-corrected chi connectivity index (χ2v) is 5.20. The van der Waals surface area contributed by atoms with Gasteiger partial charge in [-0.3, -0.25) is 0 Å². The van der Waals surface area contributed by atoms with Crippen molar-refractivity contribution in [2.45, 2.75) is 26.8 Å². The van der Waals surface area contributed by atoms with Crippen LogP contribution in [0.25, 0.3) is 11.2 Å². The Labute approximate surface area is 114 Å². The minimum absolute atomic E-state index is 0.721. The summed E-state index contributed by atoms with van der Waals surface area (Å²) in [5, 5.41) is 6.90. The number of rotatable bonds is 8. The summed E-state index contributed by atoms with van der Waals surface area (Å²) in [7, 11) is 0. The Bertz CT molecular complexity index is 491. The van der Waals surface area contributed by atoms with E-state index in [0.717, 1.165) is 49.7 Å². The van der Waals surface area contributed by atoms with Crippen LogP contribution in [-0.4, -0.2) is 34.6 Å². The average Bonchev–Trinajstić information content (AvgIpc) is 2.86. The molecule has 5 nitrogen and oxygen atoms in total. The van der Waals surface area contributed by atoms with E-state index in [1.807, 2.05) is 12.3 Å². The third kappa shape index (κ3) is 4.29. The van der Waals surface area contributed by atoms with Crippen molar-refractivity contribution in [3.8, 4) is 0 Å². The van der Waals surface area contributed by atoms with E-state index in [1.165, 1.54) is 5.56 Å². The van der Waals surface area contributed by atoms with Gasteiger partial charge in [-0.2, -0.15) is 0 Å². The zero-order valence-corrected chi connectivity index (χ0v) is 11.7. The van der Waals surface area contributed by atoms with E-state index in [0.29, 0.717) is 0 Å². The molecule has 0 atom stereocenters. The molecule has 0 aliphatic carbocycles. The number of fused-ring (bicyclic) bond motifs is 1. The molecule has 0 aliphatic rings. The number of hydrogen-bond acceptors (Lipinski definition) is 4. The van der Waals surface area contributed by atoms with Crippen molar-refractivity contribution in [3.05, 3.63) is 24.2 Å². The Morgan fingerprint density at radius 3 is 2.89 bits per heavy atom. The van der Waals surface area contributed by atoms with Crippen LogP contribution in [0, 0.1) is 5.92 Å². The number of hydrogen-bond donors (Lipinski definition) is 3. The Balaban J connectivity index is 1.67. The van der Waals surface area contributed by atoms with Crippen LogP contribution in [0.15, 0.2) is 18.6 Å². The molecule has 0 saturated heterocycles. The predicted octanol–water partition coefficient (Wildman–Crippen LogP) is 1.68. The number of nitrogens with zero attached hydrogens (tertiary/aromatic N) is 2. The highest BCUT2D eigenvalue weighted by Gasteiger charge is 2.02. The summed E-state index contributed by atoms with van der Waals surface area (Å²) in [5.41, 5.74) is 3.04. The monoisotopic (exact) mass is 261 g/mol. The van der Waals surface area contributed by atoms with Crippen LogP contribution in [-0.2, 0) is 6.54 Å². The van der Waals surface area contributed by atoms with E-state index in [1.54, 1.807) is 6.33 Å². The fourth-order valence-corrected chi connectivity index (χ4v) is 2.00. The molecule has 0 amide bonds. The zero-order chi connectivity index (χ0) is 13.5. The SMILES string of the molecule is CC(C)CNCCCNCc1ccnc2nc[nH]c12. The van der Waals surface area contributed by atoms with Crippen molar-refractivity contribution < 1.29 is 0 Å². The van der Waals surface area contributed by atoms with E-state index >= 15 is 0 Å². The van der Waals surface area contributed by atoms with Crippen molar-refractivity contribution in [3.63, 3.8) is 0 Å². The lowest BCUT2D eigenvalue weighted by molar-refractivity contribution is 0.530. The second-order valence-electron chi connectivity index (χ2n) is 5.20. The molecule has 19 heavy (non-hydrogen) atoms. The molecule has 0 aromatic carbocycles. The lowest BCUT2D eigenvalue weighted by Crippen LogP contribution is -2.24. The minimum Gasteiger partial charge on any atom is -0.343 e. The molecule has 2 aromatic rings. The molecule has 2 aromatic heterocycles. The van der Waals surface area contributed by atoms with Gasteiger partial charge in [-0.25, -0.2) is 9.97 Å². The van der Waals surface area contributed by atoms with Gasteiger partial charge in [0.2, 0.25) is 0 Å². The van der Waals surface area contributed by atoms with E-state index in [9.17, 15) is 0 Å². The fourth-order valence-electron chi connectivity index (χ4n) is 2.00. The largest absolute Gasteiger partial charge is 0.343 e. The summed E-state index contributed by atoms with van der Waals surface area (Å²) in [6.45, 7) is 8.49. The van der Waals surface area contributed by atoms with Gasteiger partial charge >= 0.3 is 0 Å². The number of imidazole rings is 1. The topological polar surface area (TPSA) is 65.6 Å². The Hall–Kier alpha value is -1.46. The van der Waals surface area contributed by atoms with Gasteiger partial charge in [-0.1, -0.05) is 13.8 Å². The highest BCUT2D eigenvalue weighted by atomic mass is 15.0. The van der Waals surface area contributed by atoms with E-state index < -0.39 is 0 Å². The molecule has 2 heterocycles. The molecule has 104 valence electrons. The third-order valence-electron chi connectivity index (χ3n) is 2.99. The molecular formula is C14H23N5. The van der Waals surface area contributed by atoms with Crippen LogP contribution in [0.4, 0.5) is 0 Å². The first kappa shape index (κ1) is 14.0. The van der Waals surface area contributed by atoms with Gasteiger partial charge in [0.25, 0.3) is 0 Å². The van der Waals surface area contributed by atoms with Crippen molar-refractivity contribution >= 4 is 11.2 Å². The van der Waals surface area contributed by atoms with Crippen LogP contribution >= 0.6 is 0 Å². The third-order valence-corrected chi connectivity index (χ3v) is 2.99. The van der Waals surface area contributed by atoms with Crippen LogP contribution < -0.4 is 10.6 Å². The summed E-state index contributed by atoms with van der Waals surface area (Å²) in [5.74, 6) is 0.721. The molecule has 0 aliphatic heterocycles. The van der Waals surface area contributed by atoms with Gasteiger partial charge < -0.3 is 15.6 Å². The summed E-state index contributed by atoms with van der Waals surface area (Å²) in [6.07, 6.45) is 4.64. The molecule has 3 N–H and O–H groups in total. The maximum Gasteiger partial charge on any atom is 0.177 e. The summed E-state index contributed by atoms with van der Waals surface area (Å²) in [6, 6.07) is 2.03. The Morgan fingerprint density at radius 2 is 2.05 bits per heavy atom. The molecule has 0 radical (unpaired) electrons. The summed E-state index contributed by atoms with van der Waals surface area (Å²) >= 11 is 0. The molecule has 0 spiro atoms. The maximum atomic E-state index is 4.21. The lowest BCUT2D eigenvalue weighted by atomic mass is 10.2.